The molecule has 1 aliphatic heterocycles. The fraction of sp³-hybridized carbons (Fsp3) is 0.467. The SMILES string of the molecule is CC(=O)NCc1cc(OC2CCN(Cc3nnsc3Cl)C2)ccn1. The molecule has 1 fully saturated rings. The molecule has 3 heterocycles. The highest BCUT2D eigenvalue weighted by Crippen LogP contribution is 2.23. The quantitative estimate of drug-likeness (QED) is 0.839. The highest BCUT2D eigenvalue weighted by molar-refractivity contribution is 7.10. The largest absolute Gasteiger partial charge is 0.489 e. The molecule has 1 saturated heterocycles. The smallest absolute Gasteiger partial charge is 0.217 e. The van der Waals surface area contributed by atoms with Crippen LogP contribution in [-0.4, -0.2) is 44.6 Å². The first-order valence-corrected chi connectivity index (χ1v) is 8.80. The summed E-state index contributed by atoms with van der Waals surface area (Å²) >= 11 is 7.26. The van der Waals surface area contributed by atoms with E-state index in [1.165, 1.54) is 18.5 Å². The number of rotatable bonds is 6. The number of hydrogen-bond acceptors (Lipinski definition) is 7. The molecule has 0 aromatic carbocycles. The Morgan fingerprint density at radius 1 is 1.58 bits per heavy atom. The van der Waals surface area contributed by atoms with Crippen molar-refractivity contribution >= 4 is 29.0 Å². The minimum absolute atomic E-state index is 0.0789. The van der Waals surface area contributed by atoms with Crippen LogP contribution in [0.3, 0.4) is 0 Å². The predicted molar refractivity (Wildman–Crippen MR) is 91.0 cm³/mol. The third-order valence-corrected chi connectivity index (χ3v) is 4.71. The van der Waals surface area contributed by atoms with Crippen molar-refractivity contribution in [2.24, 2.45) is 0 Å². The van der Waals surface area contributed by atoms with E-state index >= 15 is 0 Å². The standard InChI is InChI=1S/C15H18ClN5O2S/c1-10(22)18-7-11-6-12(2-4-17-11)23-13-3-5-21(8-13)9-14-15(16)24-20-19-14/h2,4,6,13H,3,5,7-9H2,1H3,(H,18,22). The topological polar surface area (TPSA) is 80.2 Å². The van der Waals surface area contributed by atoms with Crippen LogP contribution >= 0.6 is 23.1 Å². The Balaban J connectivity index is 1.52. The summed E-state index contributed by atoms with van der Waals surface area (Å²) in [5, 5.41) is 6.78. The molecule has 24 heavy (non-hydrogen) atoms. The first kappa shape index (κ1) is 17.1. The minimum atomic E-state index is -0.0789. The van der Waals surface area contributed by atoms with Crippen molar-refractivity contribution in [2.75, 3.05) is 13.1 Å². The summed E-state index contributed by atoms with van der Waals surface area (Å²) in [6, 6.07) is 3.70. The number of ether oxygens (including phenoxy) is 1. The molecule has 3 rings (SSSR count). The van der Waals surface area contributed by atoms with Crippen LogP contribution in [0.25, 0.3) is 0 Å². The number of carbonyl (C=O) groups is 1. The van der Waals surface area contributed by atoms with Crippen LogP contribution in [0.4, 0.5) is 0 Å². The summed E-state index contributed by atoms with van der Waals surface area (Å²) in [5.74, 6) is 0.690. The Labute approximate surface area is 149 Å². The van der Waals surface area contributed by atoms with Gasteiger partial charge in [-0.3, -0.25) is 14.7 Å². The lowest BCUT2D eigenvalue weighted by Gasteiger charge is -2.16. The molecule has 0 radical (unpaired) electrons. The Hall–Kier alpha value is -1.77. The van der Waals surface area contributed by atoms with E-state index in [-0.39, 0.29) is 12.0 Å². The summed E-state index contributed by atoms with van der Waals surface area (Å²) in [6.07, 6.45) is 2.75. The van der Waals surface area contributed by atoms with Crippen LogP contribution in [0.2, 0.25) is 4.34 Å². The number of likely N-dealkylation sites (tertiary alicyclic amines) is 1. The lowest BCUT2D eigenvalue weighted by molar-refractivity contribution is -0.119. The van der Waals surface area contributed by atoms with Crippen molar-refractivity contribution in [1.82, 2.24) is 24.8 Å². The lowest BCUT2D eigenvalue weighted by Crippen LogP contribution is -2.25. The maximum absolute atomic E-state index is 11.0. The van der Waals surface area contributed by atoms with Crippen LogP contribution in [-0.2, 0) is 17.9 Å². The minimum Gasteiger partial charge on any atom is -0.489 e. The Kier molecular flexibility index (Phi) is 5.60. The second-order valence-electron chi connectivity index (χ2n) is 5.65. The molecule has 128 valence electrons. The maximum atomic E-state index is 11.0. The van der Waals surface area contributed by atoms with Gasteiger partial charge in [-0.2, -0.15) is 0 Å². The van der Waals surface area contributed by atoms with E-state index in [9.17, 15) is 4.79 Å². The van der Waals surface area contributed by atoms with Gasteiger partial charge < -0.3 is 10.1 Å². The van der Waals surface area contributed by atoms with E-state index in [4.69, 9.17) is 16.3 Å². The van der Waals surface area contributed by atoms with Gasteiger partial charge in [0.25, 0.3) is 0 Å². The van der Waals surface area contributed by atoms with Crippen LogP contribution in [0, 0.1) is 0 Å². The van der Waals surface area contributed by atoms with E-state index in [0.717, 1.165) is 36.6 Å². The highest BCUT2D eigenvalue weighted by Gasteiger charge is 2.25. The number of hydrogen-bond donors (Lipinski definition) is 1. The molecule has 1 aliphatic rings. The number of nitrogens with zero attached hydrogens (tertiary/aromatic N) is 4. The highest BCUT2D eigenvalue weighted by atomic mass is 35.5. The first-order chi connectivity index (χ1) is 11.6. The molecule has 0 bridgehead atoms. The summed E-state index contributed by atoms with van der Waals surface area (Å²) in [5.41, 5.74) is 1.60. The normalized spacial score (nSPS) is 17.8. The van der Waals surface area contributed by atoms with Crippen molar-refractivity contribution in [3.8, 4) is 5.75 Å². The molecule has 2 aromatic heterocycles. The molecular formula is C15H18ClN5O2S. The predicted octanol–water partition coefficient (Wildman–Crippen LogP) is 1.88. The summed E-state index contributed by atoms with van der Waals surface area (Å²) in [7, 11) is 0. The zero-order valence-electron chi connectivity index (χ0n) is 13.2. The van der Waals surface area contributed by atoms with Gasteiger partial charge in [-0.25, -0.2) is 0 Å². The average Bonchev–Trinajstić information content (AvgIpc) is 3.16. The molecule has 0 spiro atoms. The van der Waals surface area contributed by atoms with Gasteiger partial charge in [-0.1, -0.05) is 16.1 Å². The Bertz CT molecular complexity index is 711. The fourth-order valence-electron chi connectivity index (χ4n) is 2.57. The molecule has 1 atom stereocenters. The first-order valence-electron chi connectivity index (χ1n) is 7.65. The van der Waals surface area contributed by atoms with Crippen LogP contribution in [0.1, 0.15) is 24.7 Å². The van der Waals surface area contributed by atoms with Gasteiger partial charge in [0.05, 0.1) is 12.2 Å². The van der Waals surface area contributed by atoms with Crippen molar-refractivity contribution in [2.45, 2.75) is 32.5 Å². The fourth-order valence-corrected chi connectivity index (χ4v) is 3.19. The van der Waals surface area contributed by atoms with Crippen LogP contribution < -0.4 is 10.1 Å². The summed E-state index contributed by atoms with van der Waals surface area (Å²) < 4.78 is 10.5. The van der Waals surface area contributed by atoms with Crippen molar-refractivity contribution in [3.63, 3.8) is 0 Å². The molecule has 0 aliphatic carbocycles. The van der Waals surface area contributed by atoms with Crippen molar-refractivity contribution in [3.05, 3.63) is 34.1 Å². The van der Waals surface area contributed by atoms with Crippen LogP contribution in [0.5, 0.6) is 5.75 Å². The molecule has 1 amide bonds. The van der Waals surface area contributed by atoms with Gasteiger partial charge in [0.1, 0.15) is 21.9 Å². The second-order valence-corrected chi connectivity index (χ2v) is 7.01. The zero-order valence-corrected chi connectivity index (χ0v) is 14.8. The Morgan fingerprint density at radius 2 is 2.46 bits per heavy atom. The number of aromatic nitrogens is 3. The van der Waals surface area contributed by atoms with Crippen molar-refractivity contribution < 1.29 is 9.53 Å². The number of amides is 1. The van der Waals surface area contributed by atoms with Crippen molar-refractivity contribution in [1.29, 1.82) is 0 Å². The second kappa shape index (κ2) is 7.87. The lowest BCUT2D eigenvalue weighted by atomic mass is 10.3. The molecular weight excluding hydrogens is 350 g/mol. The number of pyridine rings is 1. The monoisotopic (exact) mass is 367 g/mol. The molecule has 7 nitrogen and oxygen atoms in total. The molecule has 2 aromatic rings. The van der Waals surface area contributed by atoms with Gasteiger partial charge in [0, 0.05) is 50.4 Å². The van der Waals surface area contributed by atoms with E-state index in [2.05, 4.69) is 24.8 Å². The van der Waals surface area contributed by atoms with Gasteiger partial charge >= 0.3 is 0 Å². The van der Waals surface area contributed by atoms with Gasteiger partial charge in [0.15, 0.2) is 0 Å². The number of nitrogens with one attached hydrogen (secondary N) is 1. The molecule has 1 unspecified atom stereocenters. The zero-order chi connectivity index (χ0) is 16.9. The summed E-state index contributed by atoms with van der Waals surface area (Å²) in [6.45, 7) is 4.33. The third-order valence-electron chi connectivity index (χ3n) is 3.72. The number of halogens is 1. The molecule has 9 heteroatoms. The van der Waals surface area contributed by atoms with Crippen LogP contribution in [0.15, 0.2) is 18.3 Å². The maximum Gasteiger partial charge on any atom is 0.217 e. The number of carbonyl (C=O) groups excluding carboxylic acids is 1. The van der Waals surface area contributed by atoms with E-state index in [0.29, 0.717) is 17.4 Å². The molecule has 0 saturated carbocycles. The molecule has 1 N–H and O–H groups in total. The summed E-state index contributed by atoms with van der Waals surface area (Å²) in [4.78, 5) is 17.5. The van der Waals surface area contributed by atoms with E-state index in [1.807, 2.05) is 12.1 Å². The van der Waals surface area contributed by atoms with Gasteiger partial charge in [-0.05, 0) is 12.5 Å². The Morgan fingerprint density at radius 3 is 3.21 bits per heavy atom. The van der Waals surface area contributed by atoms with E-state index in [1.54, 1.807) is 6.20 Å². The third kappa shape index (κ3) is 4.62. The van der Waals surface area contributed by atoms with Gasteiger partial charge in [0.2, 0.25) is 5.91 Å². The average molecular weight is 368 g/mol. The van der Waals surface area contributed by atoms with Gasteiger partial charge in [-0.15, -0.1) is 5.10 Å². The van der Waals surface area contributed by atoms with E-state index < -0.39 is 0 Å².